The van der Waals surface area contributed by atoms with E-state index < -0.39 is 0 Å². The molecule has 2 N–H and O–H groups in total. The van der Waals surface area contributed by atoms with Gasteiger partial charge in [0.1, 0.15) is 5.75 Å². The molecule has 0 aliphatic carbocycles. The molecule has 1 aromatic heterocycles. The van der Waals surface area contributed by atoms with Gasteiger partial charge in [-0.25, -0.2) is 4.98 Å². The fourth-order valence-electron chi connectivity index (χ4n) is 1.70. The molecule has 94 valence electrons. The Morgan fingerprint density at radius 2 is 1.78 bits per heavy atom. The van der Waals surface area contributed by atoms with Crippen LogP contribution in [0, 0.1) is 0 Å². The number of ether oxygens (including phenoxy) is 1. The molecule has 0 radical (unpaired) electrons. The van der Waals surface area contributed by atoms with Gasteiger partial charge in [0.25, 0.3) is 0 Å². The van der Waals surface area contributed by atoms with Gasteiger partial charge in [-0.2, -0.15) is 0 Å². The standard InChI is InChI=1S/C15H18N2O/c1-2-12-3-6-14(7-4-12)18-15-8-5-13(9-10-16)11-17-15/h3-8,11H,2,9-10,16H2,1H3. The van der Waals surface area contributed by atoms with Crippen molar-refractivity contribution in [2.45, 2.75) is 19.8 Å². The highest BCUT2D eigenvalue weighted by atomic mass is 16.5. The molecule has 2 rings (SSSR count). The molecule has 0 saturated heterocycles. The lowest BCUT2D eigenvalue weighted by atomic mass is 10.2. The Bertz CT molecular complexity index is 477. The zero-order chi connectivity index (χ0) is 12.8. The first-order chi connectivity index (χ1) is 8.81. The van der Waals surface area contributed by atoms with Gasteiger partial charge in [-0.3, -0.25) is 0 Å². The Morgan fingerprint density at radius 3 is 2.33 bits per heavy atom. The van der Waals surface area contributed by atoms with Crippen molar-refractivity contribution in [1.29, 1.82) is 0 Å². The third-order valence-electron chi connectivity index (χ3n) is 2.78. The van der Waals surface area contributed by atoms with Gasteiger partial charge in [-0.1, -0.05) is 25.1 Å². The van der Waals surface area contributed by atoms with Crippen molar-refractivity contribution in [2.75, 3.05) is 6.54 Å². The molecule has 0 spiro atoms. The van der Waals surface area contributed by atoms with Gasteiger partial charge in [0.05, 0.1) is 0 Å². The van der Waals surface area contributed by atoms with Crippen LogP contribution in [0.5, 0.6) is 11.6 Å². The van der Waals surface area contributed by atoms with Crippen LogP contribution in [0.15, 0.2) is 42.6 Å². The van der Waals surface area contributed by atoms with Gasteiger partial charge in [-0.15, -0.1) is 0 Å². The quantitative estimate of drug-likeness (QED) is 0.877. The summed E-state index contributed by atoms with van der Waals surface area (Å²) in [6, 6.07) is 11.9. The summed E-state index contributed by atoms with van der Waals surface area (Å²) >= 11 is 0. The van der Waals surface area contributed by atoms with Crippen LogP contribution in [0.4, 0.5) is 0 Å². The van der Waals surface area contributed by atoms with Crippen molar-refractivity contribution in [3.8, 4) is 11.6 Å². The van der Waals surface area contributed by atoms with Crippen molar-refractivity contribution < 1.29 is 4.74 Å². The molecule has 0 atom stereocenters. The summed E-state index contributed by atoms with van der Waals surface area (Å²) in [5, 5.41) is 0. The van der Waals surface area contributed by atoms with E-state index in [1.165, 1.54) is 5.56 Å². The minimum Gasteiger partial charge on any atom is -0.439 e. The number of benzene rings is 1. The molecule has 0 unspecified atom stereocenters. The van der Waals surface area contributed by atoms with Crippen LogP contribution in [0.2, 0.25) is 0 Å². The summed E-state index contributed by atoms with van der Waals surface area (Å²) in [5.41, 5.74) is 7.92. The van der Waals surface area contributed by atoms with Crippen LogP contribution >= 0.6 is 0 Å². The van der Waals surface area contributed by atoms with E-state index in [0.717, 1.165) is 24.2 Å². The second kappa shape index (κ2) is 6.17. The van der Waals surface area contributed by atoms with Crippen molar-refractivity contribution in [3.63, 3.8) is 0 Å². The smallest absolute Gasteiger partial charge is 0.219 e. The zero-order valence-electron chi connectivity index (χ0n) is 10.6. The summed E-state index contributed by atoms with van der Waals surface area (Å²) in [6.07, 6.45) is 3.69. The van der Waals surface area contributed by atoms with Crippen LogP contribution in [-0.4, -0.2) is 11.5 Å². The van der Waals surface area contributed by atoms with Crippen LogP contribution in [-0.2, 0) is 12.8 Å². The monoisotopic (exact) mass is 242 g/mol. The average molecular weight is 242 g/mol. The molecule has 0 bridgehead atoms. The number of rotatable bonds is 5. The lowest BCUT2D eigenvalue weighted by Crippen LogP contribution is -2.02. The Labute approximate surface area is 108 Å². The molecule has 1 heterocycles. The third kappa shape index (κ3) is 3.31. The normalized spacial score (nSPS) is 10.3. The minimum atomic E-state index is 0.611. The van der Waals surface area contributed by atoms with E-state index in [-0.39, 0.29) is 0 Å². The van der Waals surface area contributed by atoms with E-state index in [1.807, 2.05) is 30.5 Å². The molecule has 0 amide bonds. The highest BCUT2D eigenvalue weighted by Crippen LogP contribution is 2.20. The lowest BCUT2D eigenvalue weighted by Gasteiger charge is -2.06. The van der Waals surface area contributed by atoms with Crippen molar-refractivity contribution >= 4 is 0 Å². The Morgan fingerprint density at radius 1 is 1.06 bits per heavy atom. The zero-order valence-corrected chi connectivity index (χ0v) is 10.6. The molecule has 18 heavy (non-hydrogen) atoms. The van der Waals surface area contributed by atoms with Gasteiger partial charge < -0.3 is 10.5 Å². The Kier molecular flexibility index (Phi) is 4.31. The molecule has 0 aliphatic rings. The molecule has 0 saturated carbocycles. The minimum absolute atomic E-state index is 0.611. The number of hydrogen-bond donors (Lipinski definition) is 1. The lowest BCUT2D eigenvalue weighted by molar-refractivity contribution is 0.462. The Hall–Kier alpha value is -1.87. The van der Waals surface area contributed by atoms with Gasteiger partial charge >= 0.3 is 0 Å². The van der Waals surface area contributed by atoms with Gasteiger partial charge in [0.15, 0.2) is 0 Å². The maximum atomic E-state index is 5.67. The van der Waals surface area contributed by atoms with E-state index >= 15 is 0 Å². The van der Waals surface area contributed by atoms with Gasteiger partial charge in [0.2, 0.25) is 5.88 Å². The summed E-state index contributed by atoms with van der Waals surface area (Å²) < 4.78 is 5.67. The van der Waals surface area contributed by atoms with Crippen LogP contribution in [0.1, 0.15) is 18.1 Å². The SMILES string of the molecule is CCc1ccc(Oc2ccc(CCN)cn2)cc1. The van der Waals surface area contributed by atoms with Crippen LogP contribution < -0.4 is 10.5 Å². The molecule has 1 aromatic carbocycles. The van der Waals surface area contributed by atoms with E-state index in [4.69, 9.17) is 10.5 Å². The average Bonchev–Trinajstić information content (AvgIpc) is 2.42. The number of aromatic nitrogens is 1. The fourth-order valence-corrected chi connectivity index (χ4v) is 1.70. The summed E-state index contributed by atoms with van der Waals surface area (Å²) in [5.74, 6) is 1.42. The topological polar surface area (TPSA) is 48.1 Å². The van der Waals surface area contributed by atoms with E-state index in [1.54, 1.807) is 0 Å². The molecule has 0 fully saturated rings. The van der Waals surface area contributed by atoms with Crippen LogP contribution in [0.25, 0.3) is 0 Å². The second-order valence-corrected chi connectivity index (χ2v) is 4.14. The predicted molar refractivity (Wildman–Crippen MR) is 72.9 cm³/mol. The number of pyridine rings is 1. The molecule has 2 aromatic rings. The van der Waals surface area contributed by atoms with Gasteiger partial charge in [0, 0.05) is 12.3 Å². The molecule has 3 heteroatoms. The van der Waals surface area contributed by atoms with E-state index in [9.17, 15) is 0 Å². The number of hydrogen-bond acceptors (Lipinski definition) is 3. The number of aryl methyl sites for hydroxylation is 1. The maximum Gasteiger partial charge on any atom is 0.219 e. The highest BCUT2D eigenvalue weighted by Gasteiger charge is 1.99. The molecular weight excluding hydrogens is 224 g/mol. The van der Waals surface area contributed by atoms with Crippen molar-refractivity contribution in [3.05, 3.63) is 53.7 Å². The third-order valence-corrected chi connectivity index (χ3v) is 2.78. The first kappa shape index (κ1) is 12.6. The fraction of sp³-hybridized carbons (Fsp3) is 0.267. The Balaban J connectivity index is 2.03. The molecule has 0 aliphatic heterocycles. The summed E-state index contributed by atoms with van der Waals surface area (Å²) in [4.78, 5) is 4.26. The van der Waals surface area contributed by atoms with Gasteiger partial charge in [-0.05, 0) is 42.6 Å². The predicted octanol–water partition coefficient (Wildman–Crippen LogP) is 2.94. The van der Waals surface area contributed by atoms with Crippen LogP contribution in [0.3, 0.4) is 0 Å². The highest BCUT2D eigenvalue weighted by molar-refractivity contribution is 5.31. The first-order valence-corrected chi connectivity index (χ1v) is 6.23. The molecular formula is C15H18N2O. The summed E-state index contributed by atoms with van der Waals surface area (Å²) in [6.45, 7) is 2.77. The summed E-state index contributed by atoms with van der Waals surface area (Å²) in [7, 11) is 0. The number of nitrogens with zero attached hydrogens (tertiary/aromatic N) is 1. The van der Waals surface area contributed by atoms with Crippen molar-refractivity contribution in [2.24, 2.45) is 5.73 Å². The maximum absolute atomic E-state index is 5.67. The van der Waals surface area contributed by atoms with E-state index in [0.29, 0.717) is 12.4 Å². The largest absolute Gasteiger partial charge is 0.439 e. The number of nitrogens with two attached hydrogens (primary N) is 1. The van der Waals surface area contributed by atoms with E-state index in [2.05, 4.69) is 24.0 Å². The first-order valence-electron chi connectivity index (χ1n) is 6.23. The van der Waals surface area contributed by atoms with Crippen molar-refractivity contribution in [1.82, 2.24) is 4.98 Å². The molecule has 3 nitrogen and oxygen atoms in total. The second-order valence-electron chi connectivity index (χ2n) is 4.14.